The molecule has 1 aliphatic heterocycles. The summed E-state index contributed by atoms with van der Waals surface area (Å²) in [5.74, 6) is 0.888. The summed E-state index contributed by atoms with van der Waals surface area (Å²) in [4.78, 5) is 29.9. The first-order chi connectivity index (χ1) is 21.4. The zero-order valence-corrected chi connectivity index (χ0v) is 27.7. The van der Waals surface area contributed by atoms with Crippen LogP contribution in [0.1, 0.15) is 68.1 Å². The normalized spacial score (nSPS) is 17.1. The minimum Gasteiger partial charge on any atom is -0.490 e. The third-order valence-corrected chi connectivity index (χ3v) is 9.78. The van der Waals surface area contributed by atoms with E-state index in [1.165, 1.54) is 5.56 Å². The van der Waals surface area contributed by atoms with Gasteiger partial charge >= 0.3 is 0 Å². The molecule has 8 heteroatoms. The molecule has 1 heterocycles. The van der Waals surface area contributed by atoms with Crippen LogP contribution in [-0.2, 0) is 22.6 Å². The molecule has 0 aromatic heterocycles. The summed E-state index contributed by atoms with van der Waals surface area (Å²) in [6.07, 6.45) is 5.08. The van der Waals surface area contributed by atoms with E-state index in [9.17, 15) is 9.59 Å². The number of Topliss-reactive ketones (excluding diaryl/α,β-unsaturated/α-hetero) is 2. The van der Waals surface area contributed by atoms with Gasteiger partial charge in [-0.3, -0.25) is 9.59 Å². The largest absolute Gasteiger partial charge is 0.490 e. The molecule has 0 radical (unpaired) electrons. The molecule has 3 aromatic rings. The van der Waals surface area contributed by atoms with Gasteiger partial charge in [-0.15, -0.1) is 0 Å². The van der Waals surface area contributed by atoms with E-state index >= 15 is 0 Å². The molecule has 0 saturated heterocycles. The maximum atomic E-state index is 13.8. The first-order valence-electron chi connectivity index (χ1n) is 15.2. The summed E-state index contributed by atoms with van der Waals surface area (Å²) in [5, 5.41) is 1.08. The minimum absolute atomic E-state index is 0.123. The summed E-state index contributed by atoms with van der Waals surface area (Å²) in [6.45, 7) is 3.30. The van der Waals surface area contributed by atoms with Gasteiger partial charge in [-0.05, 0) is 90.4 Å². The summed E-state index contributed by atoms with van der Waals surface area (Å²) in [5.41, 5.74) is 6.55. The van der Waals surface area contributed by atoms with Crippen LogP contribution in [0.5, 0.6) is 11.5 Å². The van der Waals surface area contributed by atoms with E-state index in [1.54, 1.807) is 12.1 Å². The Morgan fingerprint density at radius 1 is 0.864 bits per heavy atom. The number of ketones is 2. The fraction of sp³-hybridized carbons (Fsp3) is 0.333. The van der Waals surface area contributed by atoms with Gasteiger partial charge in [0, 0.05) is 63.5 Å². The number of benzene rings is 3. The lowest BCUT2D eigenvalue weighted by Crippen LogP contribution is -2.40. The number of carbonyl (C=O) groups excluding carboxylic acids is 2. The number of allylic oxidation sites excluding steroid dienone is 4. The van der Waals surface area contributed by atoms with Crippen molar-refractivity contribution in [2.75, 3.05) is 13.2 Å². The Morgan fingerprint density at radius 3 is 2.18 bits per heavy atom. The van der Waals surface area contributed by atoms with Crippen LogP contribution in [0.15, 0.2) is 87.7 Å². The molecular formula is C36H34BrCl2NO4. The SMILES string of the molecule is CCOc1cc(C2C3=C(CCCC3=O)N(CCc3ccccc3)C3=C2C(=O)CCC3)cc(Br)c1OCc1ccc(Cl)cc1Cl. The van der Waals surface area contributed by atoms with Crippen molar-refractivity contribution in [3.63, 3.8) is 0 Å². The van der Waals surface area contributed by atoms with E-state index in [4.69, 9.17) is 32.7 Å². The Hall–Kier alpha value is -3.06. The lowest BCUT2D eigenvalue weighted by molar-refractivity contribution is -0.117. The van der Waals surface area contributed by atoms with Gasteiger partial charge < -0.3 is 14.4 Å². The second-order valence-corrected chi connectivity index (χ2v) is 13.1. The molecule has 5 nitrogen and oxygen atoms in total. The number of halogens is 3. The van der Waals surface area contributed by atoms with Gasteiger partial charge in [0.25, 0.3) is 0 Å². The summed E-state index contributed by atoms with van der Waals surface area (Å²) >= 11 is 16.2. The smallest absolute Gasteiger partial charge is 0.175 e. The van der Waals surface area contributed by atoms with Crippen molar-refractivity contribution < 1.29 is 19.1 Å². The first-order valence-corrected chi connectivity index (χ1v) is 16.8. The van der Waals surface area contributed by atoms with E-state index < -0.39 is 5.92 Å². The lowest BCUT2D eigenvalue weighted by atomic mass is 9.71. The third-order valence-electron chi connectivity index (χ3n) is 8.61. The summed E-state index contributed by atoms with van der Waals surface area (Å²) in [7, 11) is 0. The van der Waals surface area contributed by atoms with E-state index in [0.717, 1.165) is 72.3 Å². The maximum absolute atomic E-state index is 13.8. The first kappa shape index (κ1) is 30.9. The third kappa shape index (κ3) is 6.22. The van der Waals surface area contributed by atoms with Gasteiger partial charge in [-0.25, -0.2) is 0 Å². The predicted molar refractivity (Wildman–Crippen MR) is 177 cm³/mol. The Balaban J connectivity index is 1.41. The van der Waals surface area contributed by atoms with Crippen LogP contribution < -0.4 is 9.47 Å². The van der Waals surface area contributed by atoms with Crippen LogP contribution in [-0.4, -0.2) is 29.6 Å². The van der Waals surface area contributed by atoms with E-state index in [0.29, 0.717) is 45.5 Å². The van der Waals surface area contributed by atoms with Crippen molar-refractivity contribution in [2.45, 2.75) is 64.4 Å². The number of carbonyl (C=O) groups is 2. The minimum atomic E-state index is -0.441. The number of rotatable bonds is 9. The van der Waals surface area contributed by atoms with Gasteiger partial charge in [-0.1, -0.05) is 59.6 Å². The van der Waals surface area contributed by atoms with Crippen LogP contribution in [0.3, 0.4) is 0 Å². The van der Waals surface area contributed by atoms with E-state index in [2.05, 4.69) is 45.1 Å². The van der Waals surface area contributed by atoms with Crippen LogP contribution in [0.2, 0.25) is 10.0 Å². The number of nitrogens with zero attached hydrogens (tertiary/aromatic N) is 1. The van der Waals surface area contributed by atoms with Crippen molar-refractivity contribution in [3.05, 3.63) is 114 Å². The molecule has 0 N–H and O–H groups in total. The highest BCUT2D eigenvalue weighted by atomic mass is 79.9. The molecule has 2 aliphatic carbocycles. The van der Waals surface area contributed by atoms with Gasteiger partial charge in [0.05, 0.1) is 11.1 Å². The zero-order valence-electron chi connectivity index (χ0n) is 24.6. The number of hydrogen-bond donors (Lipinski definition) is 0. The fourth-order valence-corrected chi connectivity index (χ4v) is 7.69. The second kappa shape index (κ2) is 13.5. The van der Waals surface area contributed by atoms with Crippen LogP contribution in [0.4, 0.5) is 0 Å². The Morgan fingerprint density at radius 2 is 1.55 bits per heavy atom. The van der Waals surface area contributed by atoms with Gasteiger partial charge in [0.15, 0.2) is 23.1 Å². The number of ether oxygens (including phenoxy) is 2. The van der Waals surface area contributed by atoms with Crippen molar-refractivity contribution in [1.82, 2.24) is 4.90 Å². The molecule has 0 atom stereocenters. The molecule has 0 fully saturated rings. The molecule has 0 bridgehead atoms. The second-order valence-electron chi connectivity index (χ2n) is 11.4. The van der Waals surface area contributed by atoms with Crippen molar-refractivity contribution in [2.24, 2.45) is 0 Å². The summed E-state index contributed by atoms with van der Waals surface area (Å²) < 4.78 is 13.0. The van der Waals surface area contributed by atoms with Crippen LogP contribution in [0, 0.1) is 0 Å². The zero-order chi connectivity index (χ0) is 30.8. The topological polar surface area (TPSA) is 55.8 Å². The molecule has 228 valence electrons. The van der Waals surface area contributed by atoms with Crippen molar-refractivity contribution in [3.8, 4) is 11.5 Å². The fourth-order valence-electron chi connectivity index (χ4n) is 6.65. The average molecular weight is 695 g/mol. The molecule has 6 rings (SSSR count). The number of hydrogen-bond acceptors (Lipinski definition) is 5. The summed E-state index contributed by atoms with van der Waals surface area (Å²) in [6, 6.07) is 19.6. The average Bonchev–Trinajstić information content (AvgIpc) is 3.01. The molecule has 44 heavy (non-hydrogen) atoms. The highest BCUT2D eigenvalue weighted by molar-refractivity contribution is 9.10. The molecule has 0 unspecified atom stereocenters. The highest BCUT2D eigenvalue weighted by Gasteiger charge is 2.43. The molecule has 0 amide bonds. The van der Waals surface area contributed by atoms with E-state index in [-0.39, 0.29) is 18.2 Å². The molecule has 3 aromatic carbocycles. The quantitative estimate of drug-likeness (QED) is 0.223. The van der Waals surface area contributed by atoms with Gasteiger partial charge in [0.2, 0.25) is 0 Å². The Kier molecular flexibility index (Phi) is 9.51. The molecule has 0 saturated carbocycles. The Bertz CT molecular complexity index is 1620. The lowest BCUT2D eigenvalue weighted by Gasteiger charge is -2.44. The van der Waals surface area contributed by atoms with Crippen LogP contribution >= 0.6 is 39.1 Å². The maximum Gasteiger partial charge on any atom is 0.175 e. The molecular weight excluding hydrogens is 661 g/mol. The molecule has 0 spiro atoms. The van der Waals surface area contributed by atoms with E-state index in [1.807, 2.05) is 31.2 Å². The predicted octanol–water partition coefficient (Wildman–Crippen LogP) is 9.39. The standard InChI is InChI=1S/C36H34BrCl2NO4/c1-2-43-32-19-24(18-26(37)36(32)44-21-23-14-15-25(38)20-27(23)39)33-34-28(10-6-12-30(34)41)40(17-16-22-8-4-3-5-9-22)29-11-7-13-31(42)35(29)33/h3-5,8-9,14-15,18-20,33H,2,6-7,10-13,16-17,21H2,1H3. The molecule has 3 aliphatic rings. The monoisotopic (exact) mass is 693 g/mol. The van der Waals surface area contributed by atoms with Gasteiger partial charge in [-0.2, -0.15) is 0 Å². The van der Waals surface area contributed by atoms with Gasteiger partial charge in [0.1, 0.15) is 6.61 Å². The van der Waals surface area contributed by atoms with Crippen molar-refractivity contribution >= 4 is 50.7 Å². The Labute approximate surface area is 277 Å². The van der Waals surface area contributed by atoms with Crippen LogP contribution in [0.25, 0.3) is 0 Å². The highest BCUT2D eigenvalue weighted by Crippen LogP contribution is 2.51. The van der Waals surface area contributed by atoms with Crippen molar-refractivity contribution in [1.29, 1.82) is 0 Å².